The van der Waals surface area contributed by atoms with Crippen LogP contribution >= 0.6 is 23.2 Å². The molecule has 0 atom stereocenters. The highest BCUT2D eigenvalue weighted by Crippen LogP contribution is 2.29. The highest BCUT2D eigenvalue weighted by molar-refractivity contribution is 6.42. The Morgan fingerprint density at radius 1 is 1.06 bits per heavy atom. The van der Waals surface area contributed by atoms with Crippen LogP contribution in [-0.4, -0.2) is 44.7 Å². The standard InChI is InChI=1S/C23H33Cl2N5O2/c1-14(2)29(21(32)27-23(6,7)8)13-20(31)26-19-12-18(22(3,4)5)28-30(19)15-9-10-16(24)17(25)11-15/h9-12,14H,13H2,1-8H3,(H,26,31)(H,27,32). The summed E-state index contributed by atoms with van der Waals surface area (Å²) in [4.78, 5) is 27.1. The number of nitrogens with one attached hydrogen (secondary N) is 2. The number of carbonyl (C=O) groups is 2. The summed E-state index contributed by atoms with van der Waals surface area (Å²) in [6.45, 7) is 15.4. The van der Waals surface area contributed by atoms with Crippen LogP contribution < -0.4 is 10.6 Å². The number of halogens is 2. The number of aromatic nitrogens is 2. The smallest absolute Gasteiger partial charge is 0.318 e. The molecule has 0 saturated carbocycles. The molecule has 0 radical (unpaired) electrons. The predicted octanol–water partition coefficient (Wildman–Crippen LogP) is 5.63. The fraction of sp³-hybridized carbons (Fsp3) is 0.522. The molecule has 0 aliphatic heterocycles. The quantitative estimate of drug-likeness (QED) is 0.580. The van der Waals surface area contributed by atoms with Crippen LogP contribution in [0.5, 0.6) is 0 Å². The average Bonchev–Trinajstić information content (AvgIpc) is 3.04. The van der Waals surface area contributed by atoms with Crippen molar-refractivity contribution in [3.8, 4) is 5.69 Å². The summed E-state index contributed by atoms with van der Waals surface area (Å²) >= 11 is 12.3. The first-order chi connectivity index (χ1) is 14.6. The zero-order valence-electron chi connectivity index (χ0n) is 20.0. The lowest BCUT2D eigenvalue weighted by molar-refractivity contribution is -0.117. The lowest BCUT2D eigenvalue weighted by atomic mass is 9.92. The van der Waals surface area contributed by atoms with Crippen molar-refractivity contribution in [2.45, 2.75) is 72.4 Å². The van der Waals surface area contributed by atoms with Crippen molar-refractivity contribution in [2.24, 2.45) is 0 Å². The second-order valence-corrected chi connectivity index (χ2v) is 10.9. The van der Waals surface area contributed by atoms with Gasteiger partial charge in [-0.3, -0.25) is 4.79 Å². The number of benzene rings is 1. The van der Waals surface area contributed by atoms with E-state index in [4.69, 9.17) is 23.2 Å². The molecule has 0 saturated heterocycles. The first-order valence-corrected chi connectivity index (χ1v) is 11.3. The summed E-state index contributed by atoms with van der Waals surface area (Å²) < 4.78 is 1.62. The third-order valence-corrected chi connectivity index (χ3v) is 5.31. The zero-order chi connectivity index (χ0) is 24.4. The van der Waals surface area contributed by atoms with E-state index in [0.29, 0.717) is 21.6 Å². The van der Waals surface area contributed by atoms with Crippen LogP contribution in [0.25, 0.3) is 5.69 Å². The summed E-state index contributed by atoms with van der Waals surface area (Å²) in [5.41, 5.74) is 0.813. The second-order valence-electron chi connectivity index (χ2n) is 10.1. The van der Waals surface area contributed by atoms with E-state index in [-0.39, 0.29) is 29.9 Å². The molecule has 2 N–H and O–H groups in total. The van der Waals surface area contributed by atoms with Gasteiger partial charge in [-0.1, -0.05) is 44.0 Å². The Kier molecular flexibility index (Phi) is 7.89. The molecule has 0 fully saturated rings. The monoisotopic (exact) mass is 481 g/mol. The van der Waals surface area contributed by atoms with Crippen LogP contribution in [-0.2, 0) is 10.2 Å². The highest BCUT2D eigenvalue weighted by Gasteiger charge is 2.26. The van der Waals surface area contributed by atoms with Gasteiger partial charge in [0, 0.05) is 23.1 Å². The summed E-state index contributed by atoms with van der Waals surface area (Å²) in [5.74, 6) is 0.155. The molecular formula is C23H33Cl2N5O2. The molecular weight excluding hydrogens is 449 g/mol. The predicted molar refractivity (Wildman–Crippen MR) is 131 cm³/mol. The van der Waals surface area contributed by atoms with E-state index in [9.17, 15) is 9.59 Å². The number of urea groups is 1. The minimum atomic E-state index is -0.408. The number of rotatable bonds is 5. The lowest BCUT2D eigenvalue weighted by Crippen LogP contribution is -2.52. The Hall–Kier alpha value is -2.25. The van der Waals surface area contributed by atoms with Crippen LogP contribution in [0.15, 0.2) is 24.3 Å². The van der Waals surface area contributed by atoms with Gasteiger partial charge in [0.2, 0.25) is 5.91 Å². The van der Waals surface area contributed by atoms with Crippen molar-refractivity contribution in [3.63, 3.8) is 0 Å². The lowest BCUT2D eigenvalue weighted by Gasteiger charge is -2.30. The van der Waals surface area contributed by atoms with Gasteiger partial charge >= 0.3 is 6.03 Å². The largest absolute Gasteiger partial charge is 0.333 e. The third-order valence-electron chi connectivity index (χ3n) is 4.57. The van der Waals surface area contributed by atoms with Crippen molar-refractivity contribution >= 4 is 41.0 Å². The average molecular weight is 482 g/mol. The molecule has 3 amide bonds. The van der Waals surface area contributed by atoms with Crippen molar-refractivity contribution in [1.29, 1.82) is 0 Å². The van der Waals surface area contributed by atoms with E-state index in [2.05, 4.69) is 15.7 Å². The van der Waals surface area contributed by atoms with Crippen LogP contribution in [0.2, 0.25) is 10.0 Å². The van der Waals surface area contributed by atoms with E-state index in [1.54, 1.807) is 22.9 Å². The van der Waals surface area contributed by atoms with Crippen LogP contribution in [0.3, 0.4) is 0 Å². The van der Waals surface area contributed by atoms with E-state index >= 15 is 0 Å². The molecule has 0 spiro atoms. The topological polar surface area (TPSA) is 79.3 Å². The third kappa shape index (κ3) is 6.87. The van der Waals surface area contributed by atoms with Crippen molar-refractivity contribution in [3.05, 3.63) is 40.0 Å². The van der Waals surface area contributed by atoms with Gasteiger partial charge in [-0.2, -0.15) is 5.10 Å². The van der Waals surface area contributed by atoms with Crippen molar-refractivity contribution in [1.82, 2.24) is 20.0 Å². The highest BCUT2D eigenvalue weighted by atomic mass is 35.5. The van der Waals surface area contributed by atoms with Gasteiger partial charge < -0.3 is 15.5 Å². The van der Waals surface area contributed by atoms with Gasteiger partial charge in [-0.15, -0.1) is 0 Å². The molecule has 0 aliphatic rings. The molecule has 176 valence electrons. The Morgan fingerprint density at radius 2 is 1.69 bits per heavy atom. The number of amides is 3. The minimum absolute atomic E-state index is 0.100. The van der Waals surface area contributed by atoms with E-state index in [0.717, 1.165) is 5.69 Å². The zero-order valence-corrected chi connectivity index (χ0v) is 21.5. The van der Waals surface area contributed by atoms with Crippen LogP contribution in [0.4, 0.5) is 10.6 Å². The first kappa shape index (κ1) is 26.0. The van der Waals surface area contributed by atoms with Gasteiger partial charge in [0.1, 0.15) is 12.4 Å². The number of nitrogens with zero attached hydrogens (tertiary/aromatic N) is 3. The molecule has 1 heterocycles. The van der Waals surface area contributed by atoms with E-state index in [1.807, 2.05) is 61.5 Å². The maximum absolute atomic E-state index is 12.9. The second kappa shape index (κ2) is 9.71. The summed E-state index contributed by atoms with van der Waals surface area (Å²) in [6, 6.07) is 6.52. The molecule has 2 aromatic rings. The Balaban J connectivity index is 2.33. The molecule has 7 nitrogen and oxygen atoms in total. The molecule has 2 rings (SSSR count). The van der Waals surface area contributed by atoms with Crippen LogP contribution in [0, 0.1) is 0 Å². The fourth-order valence-corrected chi connectivity index (χ4v) is 3.16. The Morgan fingerprint density at radius 3 is 2.19 bits per heavy atom. The SMILES string of the molecule is CC(C)N(CC(=O)Nc1cc(C(C)(C)C)nn1-c1ccc(Cl)c(Cl)c1)C(=O)NC(C)(C)C. The number of hydrogen-bond donors (Lipinski definition) is 2. The molecule has 0 unspecified atom stereocenters. The Bertz CT molecular complexity index is 987. The van der Waals surface area contributed by atoms with Crippen molar-refractivity contribution in [2.75, 3.05) is 11.9 Å². The van der Waals surface area contributed by atoms with Gasteiger partial charge in [0.05, 0.1) is 21.4 Å². The minimum Gasteiger partial charge on any atom is -0.333 e. The normalized spacial score (nSPS) is 12.1. The summed E-state index contributed by atoms with van der Waals surface area (Å²) in [6.07, 6.45) is 0. The fourth-order valence-electron chi connectivity index (χ4n) is 2.87. The van der Waals surface area contributed by atoms with Gasteiger partial charge in [0.25, 0.3) is 0 Å². The van der Waals surface area contributed by atoms with Gasteiger partial charge in [-0.05, 0) is 52.8 Å². The number of hydrogen-bond acceptors (Lipinski definition) is 3. The number of anilines is 1. The maximum atomic E-state index is 12.9. The van der Waals surface area contributed by atoms with E-state index in [1.165, 1.54) is 4.90 Å². The molecule has 9 heteroatoms. The molecule has 1 aromatic carbocycles. The molecule has 32 heavy (non-hydrogen) atoms. The molecule has 1 aromatic heterocycles. The van der Waals surface area contributed by atoms with Crippen molar-refractivity contribution < 1.29 is 9.59 Å². The maximum Gasteiger partial charge on any atom is 0.318 e. The number of carbonyl (C=O) groups excluding carboxylic acids is 2. The Labute approximate surface area is 200 Å². The van der Waals surface area contributed by atoms with Gasteiger partial charge in [-0.25, -0.2) is 9.48 Å². The van der Waals surface area contributed by atoms with Crippen LogP contribution in [0.1, 0.15) is 61.1 Å². The molecule has 0 aliphatic carbocycles. The van der Waals surface area contributed by atoms with Gasteiger partial charge in [0.15, 0.2) is 0 Å². The molecule has 0 bridgehead atoms. The van der Waals surface area contributed by atoms with E-state index < -0.39 is 5.54 Å². The summed E-state index contributed by atoms with van der Waals surface area (Å²) in [7, 11) is 0. The first-order valence-electron chi connectivity index (χ1n) is 10.5. The summed E-state index contributed by atoms with van der Waals surface area (Å²) in [5, 5.41) is 11.3.